The molecule has 0 unspecified atom stereocenters. The number of halogens is 4. The van der Waals surface area contributed by atoms with E-state index >= 15 is 0 Å². The third-order valence-electron chi connectivity index (χ3n) is 2.96. The first-order valence-corrected chi connectivity index (χ1v) is 6.82. The van der Waals surface area contributed by atoms with Gasteiger partial charge in [0, 0.05) is 32.7 Å². The molecule has 1 aliphatic heterocycles. The molecule has 2 rings (SSSR count). The first-order chi connectivity index (χ1) is 9.95. The van der Waals surface area contributed by atoms with Crippen LogP contribution in [0.3, 0.4) is 0 Å². The number of nitrogens with zero attached hydrogens (tertiary/aromatic N) is 1. The summed E-state index contributed by atoms with van der Waals surface area (Å²) in [7, 11) is 1.39. The van der Waals surface area contributed by atoms with Gasteiger partial charge in [-0.25, -0.2) is 13.2 Å². The second-order valence-corrected chi connectivity index (χ2v) is 5.11. The molecule has 1 aliphatic rings. The SMILES string of the molecule is C=C1C(Br)=C[C-]=C(c2c(F)cccc2OC)N1CC(F)F.[Y]. The summed E-state index contributed by atoms with van der Waals surface area (Å²) >= 11 is 3.21. The Morgan fingerprint density at radius 1 is 1.41 bits per heavy atom. The largest absolute Gasteiger partial charge is 0.509 e. The van der Waals surface area contributed by atoms with Crippen molar-refractivity contribution < 1.29 is 50.6 Å². The van der Waals surface area contributed by atoms with Crippen molar-refractivity contribution in [3.63, 3.8) is 0 Å². The molecule has 0 spiro atoms. The number of alkyl halides is 2. The van der Waals surface area contributed by atoms with Crippen LogP contribution in [-0.4, -0.2) is 25.0 Å². The van der Waals surface area contributed by atoms with Crippen LogP contribution in [0.25, 0.3) is 5.70 Å². The average molecular weight is 448 g/mol. The standard InChI is InChI=1S/C15H12BrF3NO.Y/c1-9-10(16)6-7-12(20(9)8-14(18)19)15-11(17)4-3-5-13(15)21-2;/h3-6,14H,1,8H2,2H3;/q-1;. The molecule has 0 aliphatic carbocycles. The molecule has 115 valence electrons. The number of allylic oxidation sites excluding steroid dienone is 3. The summed E-state index contributed by atoms with van der Waals surface area (Å²) in [6.45, 7) is 3.13. The minimum atomic E-state index is -2.60. The Kier molecular flexibility index (Phi) is 7.36. The molecule has 22 heavy (non-hydrogen) atoms. The van der Waals surface area contributed by atoms with E-state index in [-0.39, 0.29) is 49.7 Å². The van der Waals surface area contributed by atoms with Crippen molar-refractivity contribution in [2.75, 3.05) is 13.7 Å². The molecule has 0 saturated carbocycles. The third-order valence-corrected chi connectivity index (χ3v) is 3.65. The Morgan fingerprint density at radius 2 is 2.09 bits per heavy atom. The zero-order chi connectivity index (χ0) is 15.6. The van der Waals surface area contributed by atoms with Crippen LogP contribution in [0.2, 0.25) is 0 Å². The van der Waals surface area contributed by atoms with Crippen LogP contribution in [0.4, 0.5) is 13.2 Å². The number of ether oxygens (including phenoxy) is 1. The van der Waals surface area contributed by atoms with Gasteiger partial charge in [-0.05, 0) is 23.4 Å². The van der Waals surface area contributed by atoms with Gasteiger partial charge in [0.1, 0.15) is 0 Å². The Labute approximate surface area is 160 Å². The van der Waals surface area contributed by atoms with E-state index in [1.165, 1.54) is 30.2 Å². The average Bonchev–Trinajstić information content (AvgIpc) is 2.44. The van der Waals surface area contributed by atoms with Gasteiger partial charge in [-0.3, -0.25) is 0 Å². The van der Waals surface area contributed by atoms with Crippen LogP contribution in [0.5, 0.6) is 5.75 Å². The molecule has 1 radical (unpaired) electrons. The molecule has 7 heteroatoms. The van der Waals surface area contributed by atoms with Crippen molar-refractivity contribution in [2.45, 2.75) is 6.43 Å². The van der Waals surface area contributed by atoms with Gasteiger partial charge in [0.15, 0.2) is 0 Å². The predicted molar refractivity (Wildman–Crippen MR) is 78.5 cm³/mol. The zero-order valence-corrected chi connectivity index (χ0v) is 16.2. The van der Waals surface area contributed by atoms with Gasteiger partial charge in [-0.15, -0.1) is 15.9 Å². The molecule has 1 aromatic rings. The Morgan fingerprint density at radius 3 is 2.68 bits per heavy atom. The fourth-order valence-corrected chi connectivity index (χ4v) is 2.34. The number of hydrogen-bond acceptors (Lipinski definition) is 2. The normalized spacial score (nSPS) is 14.5. The van der Waals surface area contributed by atoms with Crippen molar-refractivity contribution in [2.24, 2.45) is 0 Å². The molecule has 0 saturated heterocycles. The molecule has 0 atom stereocenters. The summed E-state index contributed by atoms with van der Waals surface area (Å²) in [4.78, 5) is 1.22. The summed E-state index contributed by atoms with van der Waals surface area (Å²) in [5, 5.41) is 0. The van der Waals surface area contributed by atoms with Crippen molar-refractivity contribution in [1.29, 1.82) is 0 Å². The number of methoxy groups -OCH3 is 1. The van der Waals surface area contributed by atoms with Crippen molar-refractivity contribution in [1.82, 2.24) is 4.90 Å². The molecule has 1 heterocycles. The van der Waals surface area contributed by atoms with E-state index in [9.17, 15) is 13.2 Å². The van der Waals surface area contributed by atoms with Crippen LogP contribution in [0, 0.1) is 11.9 Å². The van der Waals surface area contributed by atoms with Gasteiger partial charge < -0.3 is 9.64 Å². The van der Waals surface area contributed by atoms with Crippen LogP contribution >= 0.6 is 15.9 Å². The second kappa shape index (κ2) is 8.32. The summed E-state index contributed by atoms with van der Waals surface area (Å²) in [6.07, 6.45) is 1.72. The van der Waals surface area contributed by atoms with Gasteiger partial charge in [0.2, 0.25) is 0 Å². The quantitative estimate of drug-likeness (QED) is 0.636. The Bertz CT molecular complexity index is 631. The molecule has 1 aromatic carbocycles. The predicted octanol–water partition coefficient (Wildman–Crippen LogP) is 4.35. The molecule has 0 bridgehead atoms. The van der Waals surface area contributed by atoms with E-state index in [2.05, 4.69) is 28.6 Å². The van der Waals surface area contributed by atoms with E-state index < -0.39 is 18.8 Å². The minimum absolute atomic E-state index is 0. The van der Waals surface area contributed by atoms with E-state index in [1.807, 2.05) is 0 Å². The van der Waals surface area contributed by atoms with Crippen molar-refractivity contribution >= 4 is 21.6 Å². The van der Waals surface area contributed by atoms with Gasteiger partial charge in [0.05, 0.1) is 25.2 Å². The molecule has 0 fully saturated rings. The first-order valence-electron chi connectivity index (χ1n) is 6.02. The number of benzene rings is 1. The summed E-state index contributed by atoms with van der Waals surface area (Å²) < 4.78 is 45.4. The monoisotopic (exact) mass is 447 g/mol. The molecule has 0 aromatic heterocycles. The van der Waals surface area contributed by atoms with Crippen molar-refractivity contribution in [3.8, 4) is 5.75 Å². The molecular formula is C15H12BrF3NOY-. The first kappa shape index (κ1) is 19.5. The molecule has 0 N–H and O–H groups in total. The fraction of sp³-hybridized carbons (Fsp3) is 0.200. The van der Waals surface area contributed by atoms with E-state index in [4.69, 9.17) is 4.74 Å². The van der Waals surface area contributed by atoms with Crippen LogP contribution < -0.4 is 4.74 Å². The van der Waals surface area contributed by atoms with Gasteiger partial charge in [-0.1, -0.05) is 22.8 Å². The summed E-state index contributed by atoms with van der Waals surface area (Å²) in [6, 6.07) is 4.28. The summed E-state index contributed by atoms with van der Waals surface area (Å²) in [5.74, 6) is -0.327. The number of hydrogen-bond donors (Lipinski definition) is 0. The number of rotatable bonds is 4. The maximum Gasteiger partial charge on any atom is 0.256 e. The van der Waals surface area contributed by atoms with E-state index in [0.29, 0.717) is 10.2 Å². The molecular weight excluding hydrogens is 436 g/mol. The van der Waals surface area contributed by atoms with Gasteiger partial charge in [0.25, 0.3) is 6.43 Å². The van der Waals surface area contributed by atoms with Gasteiger partial charge >= 0.3 is 0 Å². The second-order valence-electron chi connectivity index (χ2n) is 4.25. The smallest absolute Gasteiger partial charge is 0.256 e. The van der Waals surface area contributed by atoms with Crippen LogP contribution in [-0.2, 0) is 32.7 Å². The topological polar surface area (TPSA) is 12.5 Å². The van der Waals surface area contributed by atoms with Crippen molar-refractivity contribution in [3.05, 3.63) is 58.5 Å². The van der Waals surface area contributed by atoms with Crippen LogP contribution in [0.15, 0.2) is 41.0 Å². The fourth-order valence-electron chi connectivity index (χ4n) is 2.01. The maximum atomic E-state index is 14.1. The maximum absolute atomic E-state index is 14.1. The Balaban J connectivity index is 0.00000242. The van der Waals surface area contributed by atoms with E-state index in [1.54, 1.807) is 6.07 Å². The van der Waals surface area contributed by atoms with Crippen LogP contribution in [0.1, 0.15) is 5.56 Å². The molecule has 2 nitrogen and oxygen atoms in total. The Hall–Kier alpha value is -0.586. The third kappa shape index (κ3) is 4.03. The van der Waals surface area contributed by atoms with Gasteiger partial charge in [-0.2, -0.15) is 12.2 Å². The summed E-state index contributed by atoms with van der Waals surface area (Å²) in [5.41, 5.74) is 0.561. The molecule has 0 amide bonds. The minimum Gasteiger partial charge on any atom is -0.509 e. The van der Waals surface area contributed by atoms with E-state index in [0.717, 1.165) is 0 Å². The zero-order valence-electron chi connectivity index (χ0n) is 11.7.